The Balaban J connectivity index is 0.000000214. The Bertz CT molecular complexity index is 1300. The lowest BCUT2D eigenvalue weighted by Crippen LogP contribution is -2.25. The molecule has 2 aliphatic rings. The molecule has 200 valence electrons. The third-order valence-corrected chi connectivity index (χ3v) is 10.8. The number of para-hydroxylation sites is 1. The zero-order chi connectivity index (χ0) is 27.3. The van der Waals surface area contributed by atoms with Gasteiger partial charge in [-0.15, -0.1) is 0 Å². The molecule has 0 unspecified atom stereocenters. The van der Waals surface area contributed by atoms with E-state index in [0.29, 0.717) is 22.4 Å². The van der Waals surface area contributed by atoms with Gasteiger partial charge in [0.15, 0.2) is 9.84 Å². The minimum atomic E-state index is -3.25. The van der Waals surface area contributed by atoms with Gasteiger partial charge in [0.1, 0.15) is 6.07 Å². The number of nitrogens with two attached hydrogens (primary N) is 1. The number of anilines is 1. The third kappa shape index (κ3) is 10.4. The highest BCUT2D eigenvalue weighted by atomic mass is 35.7. The molecule has 0 aromatic heterocycles. The third-order valence-electron chi connectivity index (χ3n) is 6.59. The van der Waals surface area contributed by atoms with Crippen LogP contribution in [0.1, 0.15) is 80.9 Å². The molecule has 7 nitrogen and oxygen atoms in total. The SMILES string of the molecule is N#Cc1ccccc1CS(=O)(=O)C1CCCCC1.N#Cc1ccccc1N.O=S(=O)(Cl)C1CCCCC1. The molecule has 4 rings (SSSR count). The van der Waals surface area contributed by atoms with Gasteiger partial charge in [0, 0.05) is 16.4 Å². The van der Waals surface area contributed by atoms with Crippen LogP contribution in [0.3, 0.4) is 0 Å². The molecule has 0 atom stereocenters. The van der Waals surface area contributed by atoms with Gasteiger partial charge >= 0.3 is 0 Å². The summed E-state index contributed by atoms with van der Waals surface area (Å²) < 4.78 is 46.1. The van der Waals surface area contributed by atoms with Crippen molar-refractivity contribution in [2.45, 2.75) is 80.5 Å². The fourth-order valence-electron chi connectivity index (χ4n) is 4.46. The maximum atomic E-state index is 12.3. The average Bonchev–Trinajstić information content (AvgIpc) is 2.90. The summed E-state index contributed by atoms with van der Waals surface area (Å²) in [7, 11) is -1.19. The number of rotatable bonds is 4. The first-order valence-electron chi connectivity index (χ1n) is 12.5. The number of benzene rings is 2. The zero-order valence-corrected chi connectivity index (χ0v) is 23.2. The lowest BCUT2D eigenvalue weighted by Gasteiger charge is -2.21. The number of halogens is 1. The highest BCUT2D eigenvalue weighted by Crippen LogP contribution is 2.27. The largest absolute Gasteiger partial charge is 0.398 e. The molecule has 2 aromatic rings. The van der Waals surface area contributed by atoms with E-state index >= 15 is 0 Å². The highest BCUT2D eigenvalue weighted by molar-refractivity contribution is 8.14. The molecular formula is C27H34ClN3O4S2. The summed E-state index contributed by atoms with van der Waals surface area (Å²) in [6, 6.07) is 18.0. The Morgan fingerprint density at radius 2 is 1.19 bits per heavy atom. The standard InChI is InChI=1S/C14H17NO2S.C7H6N2.C6H11ClO2S/c15-10-12-6-4-5-7-13(12)11-18(16,17)14-8-2-1-3-9-14;8-5-6-3-1-2-4-7(6)9;7-10(8,9)6-4-2-1-3-5-6/h4-7,14H,1-3,8-9,11H2;1-4H,9H2;6H,1-5H2. The minimum absolute atomic E-state index is 0.00139. The van der Waals surface area contributed by atoms with E-state index in [0.717, 1.165) is 64.2 Å². The first-order chi connectivity index (χ1) is 17.6. The van der Waals surface area contributed by atoms with Gasteiger partial charge in [-0.25, -0.2) is 16.8 Å². The molecule has 0 spiro atoms. The molecule has 2 aromatic carbocycles. The Labute approximate surface area is 225 Å². The van der Waals surface area contributed by atoms with Gasteiger partial charge < -0.3 is 5.73 Å². The first kappa shape index (κ1) is 30.6. The smallest absolute Gasteiger partial charge is 0.235 e. The molecule has 0 bridgehead atoms. The predicted molar refractivity (Wildman–Crippen MR) is 148 cm³/mol. The molecule has 37 heavy (non-hydrogen) atoms. The second-order valence-corrected chi connectivity index (χ2v) is 14.5. The van der Waals surface area contributed by atoms with Gasteiger partial charge in [0.25, 0.3) is 0 Å². The van der Waals surface area contributed by atoms with Crippen LogP contribution in [-0.4, -0.2) is 27.3 Å². The molecule has 0 heterocycles. The maximum absolute atomic E-state index is 12.3. The van der Waals surface area contributed by atoms with E-state index < -0.39 is 18.9 Å². The summed E-state index contributed by atoms with van der Waals surface area (Å²) in [4.78, 5) is 0. The Kier molecular flexibility index (Phi) is 12.4. The van der Waals surface area contributed by atoms with E-state index in [1.807, 2.05) is 6.07 Å². The van der Waals surface area contributed by atoms with Crippen molar-refractivity contribution in [2.75, 3.05) is 5.73 Å². The Morgan fingerprint density at radius 3 is 1.62 bits per heavy atom. The van der Waals surface area contributed by atoms with Crippen LogP contribution in [-0.2, 0) is 24.6 Å². The number of nitrogen functional groups attached to an aromatic ring is 1. The van der Waals surface area contributed by atoms with Crippen LogP contribution in [0.5, 0.6) is 0 Å². The van der Waals surface area contributed by atoms with Gasteiger partial charge in [-0.05, 0) is 49.4 Å². The predicted octanol–water partition coefficient (Wildman–Crippen LogP) is 5.83. The second-order valence-electron chi connectivity index (χ2n) is 9.27. The molecular weight excluding hydrogens is 530 g/mol. The quantitative estimate of drug-likeness (QED) is 0.364. The Hall–Kier alpha value is -2.59. The van der Waals surface area contributed by atoms with E-state index in [1.54, 1.807) is 48.5 Å². The molecule has 2 aliphatic carbocycles. The number of hydrogen-bond acceptors (Lipinski definition) is 7. The van der Waals surface area contributed by atoms with Crippen LogP contribution >= 0.6 is 10.7 Å². The Morgan fingerprint density at radius 1 is 0.730 bits per heavy atom. The fourth-order valence-corrected chi connectivity index (χ4v) is 7.86. The van der Waals surface area contributed by atoms with E-state index in [-0.39, 0.29) is 16.3 Å². The molecule has 0 amide bonds. The number of nitriles is 2. The van der Waals surface area contributed by atoms with Crippen LogP contribution in [0, 0.1) is 22.7 Å². The molecule has 2 N–H and O–H groups in total. The van der Waals surface area contributed by atoms with E-state index in [1.165, 1.54) is 0 Å². The summed E-state index contributed by atoms with van der Waals surface area (Å²) in [5, 5.41) is 16.9. The van der Waals surface area contributed by atoms with E-state index in [9.17, 15) is 16.8 Å². The first-order valence-corrected chi connectivity index (χ1v) is 16.5. The maximum Gasteiger partial charge on any atom is 0.235 e. The summed E-state index contributed by atoms with van der Waals surface area (Å²) in [5.41, 5.74) is 7.59. The molecule has 0 saturated heterocycles. The van der Waals surface area contributed by atoms with Gasteiger partial charge in [-0.3, -0.25) is 0 Å². The monoisotopic (exact) mass is 563 g/mol. The fraction of sp³-hybridized carbons (Fsp3) is 0.481. The second kappa shape index (κ2) is 15.0. The topological polar surface area (TPSA) is 142 Å². The lowest BCUT2D eigenvalue weighted by atomic mass is 10.0. The van der Waals surface area contributed by atoms with Crippen LogP contribution in [0.25, 0.3) is 0 Å². The number of nitrogens with zero attached hydrogens (tertiary/aromatic N) is 2. The van der Waals surface area contributed by atoms with Crippen molar-refractivity contribution in [3.63, 3.8) is 0 Å². The van der Waals surface area contributed by atoms with Crippen molar-refractivity contribution in [1.82, 2.24) is 0 Å². The van der Waals surface area contributed by atoms with Crippen LogP contribution in [0.2, 0.25) is 0 Å². The lowest BCUT2D eigenvalue weighted by molar-refractivity contribution is 0.483. The normalized spacial score (nSPS) is 16.6. The molecule has 2 saturated carbocycles. The zero-order valence-electron chi connectivity index (χ0n) is 20.9. The van der Waals surface area contributed by atoms with Gasteiger partial charge in [0.2, 0.25) is 9.05 Å². The van der Waals surface area contributed by atoms with Gasteiger partial charge in [0.05, 0.1) is 33.4 Å². The number of sulfone groups is 1. The van der Waals surface area contributed by atoms with Crippen molar-refractivity contribution in [1.29, 1.82) is 10.5 Å². The average molecular weight is 564 g/mol. The summed E-state index contributed by atoms with van der Waals surface area (Å²) in [6.45, 7) is 0. The van der Waals surface area contributed by atoms with Crippen molar-refractivity contribution in [3.05, 3.63) is 65.2 Å². The van der Waals surface area contributed by atoms with E-state index in [4.69, 9.17) is 26.9 Å². The van der Waals surface area contributed by atoms with Crippen molar-refractivity contribution >= 4 is 35.3 Å². The molecule has 0 radical (unpaired) electrons. The van der Waals surface area contributed by atoms with Crippen molar-refractivity contribution in [2.24, 2.45) is 0 Å². The minimum Gasteiger partial charge on any atom is -0.398 e. The molecule has 0 aliphatic heterocycles. The summed E-state index contributed by atoms with van der Waals surface area (Å²) >= 11 is 0. The van der Waals surface area contributed by atoms with E-state index in [2.05, 4.69) is 6.07 Å². The van der Waals surface area contributed by atoms with Crippen molar-refractivity contribution < 1.29 is 16.8 Å². The molecule has 2 fully saturated rings. The number of hydrogen-bond donors (Lipinski definition) is 1. The van der Waals surface area contributed by atoms with Crippen LogP contribution in [0.4, 0.5) is 5.69 Å². The van der Waals surface area contributed by atoms with Crippen molar-refractivity contribution in [3.8, 4) is 12.1 Å². The van der Waals surface area contributed by atoms with Crippen LogP contribution < -0.4 is 5.73 Å². The summed E-state index contributed by atoms with van der Waals surface area (Å²) in [5.74, 6) is 0.00139. The van der Waals surface area contributed by atoms with Crippen LogP contribution in [0.15, 0.2) is 48.5 Å². The molecule has 10 heteroatoms. The summed E-state index contributed by atoms with van der Waals surface area (Å²) in [6.07, 6.45) is 9.39. The highest BCUT2D eigenvalue weighted by Gasteiger charge is 2.28. The van der Waals surface area contributed by atoms with Gasteiger partial charge in [-0.2, -0.15) is 10.5 Å². The van der Waals surface area contributed by atoms with Gasteiger partial charge in [-0.1, -0.05) is 68.9 Å².